The summed E-state index contributed by atoms with van der Waals surface area (Å²) in [4.78, 5) is 17.4. The average molecular weight is 412 g/mol. The first-order valence-corrected chi connectivity index (χ1v) is 10.0. The van der Waals surface area contributed by atoms with E-state index in [0.717, 1.165) is 30.6 Å². The van der Waals surface area contributed by atoms with Gasteiger partial charge in [-0.2, -0.15) is 0 Å². The molecule has 0 unspecified atom stereocenters. The number of anilines is 1. The Morgan fingerprint density at radius 3 is 2.43 bits per heavy atom. The van der Waals surface area contributed by atoms with Gasteiger partial charge in [-0.1, -0.05) is 6.07 Å². The molecule has 160 valence electrons. The zero-order valence-electron chi connectivity index (χ0n) is 18.0. The average Bonchev–Trinajstić information content (AvgIpc) is 3.27. The Kier molecular flexibility index (Phi) is 7.30. The van der Waals surface area contributed by atoms with Crippen molar-refractivity contribution in [2.45, 2.75) is 32.8 Å². The molecular formula is C23H29N3O4. The van der Waals surface area contributed by atoms with Crippen LogP contribution < -0.4 is 20.1 Å². The number of nitrogens with one attached hydrogen (secondary N) is 2. The summed E-state index contributed by atoms with van der Waals surface area (Å²) in [5.41, 5.74) is 3.47. The third kappa shape index (κ3) is 5.73. The fourth-order valence-electron chi connectivity index (χ4n) is 3.17. The van der Waals surface area contributed by atoms with Crippen molar-refractivity contribution in [1.82, 2.24) is 5.32 Å². The normalized spacial score (nSPS) is 16.3. The second-order valence-corrected chi connectivity index (χ2v) is 7.30. The zero-order chi connectivity index (χ0) is 21.5. The molecule has 0 radical (unpaired) electrons. The van der Waals surface area contributed by atoms with Gasteiger partial charge in [0.15, 0.2) is 0 Å². The molecule has 30 heavy (non-hydrogen) atoms. The summed E-state index contributed by atoms with van der Waals surface area (Å²) in [6.45, 7) is 5.23. The number of rotatable bonds is 6. The maximum Gasteiger partial charge on any atom is 0.257 e. The molecule has 0 saturated carbocycles. The van der Waals surface area contributed by atoms with E-state index in [9.17, 15) is 4.79 Å². The number of carbonyl (C=O) groups is 1. The predicted molar refractivity (Wildman–Crippen MR) is 118 cm³/mol. The van der Waals surface area contributed by atoms with Crippen LogP contribution in [-0.2, 0) is 4.74 Å². The van der Waals surface area contributed by atoms with E-state index >= 15 is 0 Å². The van der Waals surface area contributed by atoms with Crippen LogP contribution in [0.5, 0.6) is 11.5 Å². The lowest BCUT2D eigenvalue weighted by atomic mass is 10.1. The lowest BCUT2D eigenvalue weighted by Gasteiger charge is -2.15. The Balaban J connectivity index is 1.81. The molecule has 0 aromatic heterocycles. The van der Waals surface area contributed by atoms with E-state index in [1.54, 1.807) is 20.3 Å². The number of methoxy groups -OCH3 is 2. The molecule has 7 nitrogen and oxygen atoms in total. The van der Waals surface area contributed by atoms with Gasteiger partial charge in [0.05, 0.1) is 26.9 Å². The highest BCUT2D eigenvalue weighted by Gasteiger charge is 2.16. The molecule has 2 aromatic carbocycles. The van der Waals surface area contributed by atoms with Crippen LogP contribution in [0.1, 0.15) is 34.3 Å². The van der Waals surface area contributed by atoms with Crippen LogP contribution in [0, 0.1) is 13.8 Å². The number of guanidine groups is 1. The lowest BCUT2D eigenvalue weighted by Crippen LogP contribution is -2.36. The highest BCUT2D eigenvalue weighted by molar-refractivity contribution is 6.10. The first kappa shape index (κ1) is 21.6. The van der Waals surface area contributed by atoms with Crippen molar-refractivity contribution < 1.29 is 19.0 Å². The number of nitrogens with zero attached hydrogens (tertiary/aromatic N) is 1. The summed E-state index contributed by atoms with van der Waals surface area (Å²) in [7, 11) is 3.18. The fraction of sp³-hybridized carbons (Fsp3) is 0.391. The molecule has 2 N–H and O–H groups in total. The SMILES string of the molecule is COc1cc(NC(=NC[C@H]2CCCO2)NC(=O)c2ccc(C)c(C)c2)cc(OC)c1. The van der Waals surface area contributed by atoms with E-state index in [4.69, 9.17) is 14.2 Å². The fourth-order valence-corrected chi connectivity index (χ4v) is 3.17. The number of benzene rings is 2. The number of aryl methyl sites for hydroxylation is 2. The Morgan fingerprint density at radius 1 is 1.10 bits per heavy atom. The third-order valence-electron chi connectivity index (χ3n) is 5.09. The van der Waals surface area contributed by atoms with Crippen LogP contribution in [-0.4, -0.2) is 45.3 Å². The molecule has 0 bridgehead atoms. The molecule has 1 fully saturated rings. The molecule has 1 aliphatic heterocycles. The van der Waals surface area contributed by atoms with Crippen LogP contribution in [0.25, 0.3) is 0 Å². The molecule has 1 heterocycles. The molecule has 2 aromatic rings. The summed E-state index contributed by atoms with van der Waals surface area (Å²) >= 11 is 0. The van der Waals surface area contributed by atoms with E-state index in [-0.39, 0.29) is 12.0 Å². The standard InChI is InChI=1S/C23H29N3O4/c1-15-7-8-17(10-16(15)2)22(27)26-23(24-14-19-6-5-9-30-19)25-18-11-20(28-3)13-21(12-18)29-4/h7-8,10-13,19H,5-6,9,14H2,1-4H3,(H2,24,25,26,27)/t19-/m1/s1. The summed E-state index contributed by atoms with van der Waals surface area (Å²) < 4.78 is 16.3. The van der Waals surface area contributed by atoms with Gasteiger partial charge in [0.1, 0.15) is 11.5 Å². The molecule has 1 atom stereocenters. The number of aliphatic imine (C=N–C) groups is 1. The molecule has 3 rings (SSSR count). The molecule has 1 saturated heterocycles. The van der Waals surface area contributed by atoms with Crippen molar-refractivity contribution in [3.05, 3.63) is 53.1 Å². The minimum Gasteiger partial charge on any atom is -0.497 e. The van der Waals surface area contributed by atoms with Gasteiger partial charge in [-0.3, -0.25) is 10.1 Å². The third-order valence-corrected chi connectivity index (χ3v) is 5.09. The Morgan fingerprint density at radius 2 is 1.83 bits per heavy atom. The number of hydrogen-bond donors (Lipinski definition) is 2. The zero-order valence-corrected chi connectivity index (χ0v) is 18.0. The van der Waals surface area contributed by atoms with Gasteiger partial charge in [0, 0.05) is 36.1 Å². The maximum atomic E-state index is 12.8. The number of hydrogen-bond acceptors (Lipinski definition) is 5. The molecule has 0 spiro atoms. The molecule has 1 amide bonds. The summed E-state index contributed by atoms with van der Waals surface area (Å²) in [6, 6.07) is 11.0. The molecule has 0 aliphatic carbocycles. The molecular weight excluding hydrogens is 382 g/mol. The first-order valence-electron chi connectivity index (χ1n) is 10.0. The predicted octanol–water partition coefficient (Wildman–Crippen LogP) is 3.70. The van der Waals surface area contributed by atoms with Crippen LogP contribution in [0.4, 0.5) is 5.69 Å². The van der Waals surface area contributed by atoms with Crippen LogP contribution >= 0.6 is 0 Å². The number of ether oxygens (including phenoxy) is 3. The van der Waals surface area contributed by atoms with Crippen molar-refractivity contribution in [3.63, 3.8) is 0 Å². The van der Waals surface area contributed by atoms with Gasteiger partial charge >= 0.3 is 0 Å². The van der Waals surface area contributed by atoms with Gasteiger partial charge in [0.2, 0.25) is 5.96 Å². The van der Waals surface area contributed by atoms with Crippen molar-refractivity contribution in [2.75, 3.05) is 32.7 Å². The minimum absolute atomic E-state index is 0.0696. The summed E-state index contributed by atoms with van der Waals surface area (Å²) in [5, 5.41) is 6.07. The van der Waals surface area contributed by atoms with Crippen LogP contribution in [0.3, 0.4) is 0 Å². The topological polar surface area (TPSA) is 81.2 Å². The number of carbonyl (C=O) groups excluding carboxylic acids is 1. The lowest BCUT2D eigenvalue weighted by molar-refractivity contribution is 0.0975. The number of amides is 1. The Bertz CT molecular complexity index is 898. The second-order valence-electron chi connectivity index (χ2n) is 7.30. The largest absolute Gasteiger partial charge is 0.497 e. The van der Waals surface area contributed by atoms with Crippen molar-refractivity contribution in [2.24, 2.45) is 4.99 Å². The quantitative estimate of drug-likeness (QED) is 0.560. The Hall–Kier alpha value is -3.06. The molecule has 1 aliphatic rings. The van der Waals surface area contributed by atoms with Gasteiger partial charge in [-0.05, 0) is 49.9 Å². The highest BCUT2D eigenvalue weighted by Crippen LogP contribution is 2.25. The van der Waals surface area contributed by atoms with E-state index in [0.29, 0.717) is 35.3 Å². The monoisotopic (exact) mass is 411 g/mol. The van der Waals surface area contributed by atoms with Crippen molar-refractivity contribution in [1.29, 1.82) is 0 Å². The van der Waals surface area contributed by atoms with Gasteiger partial charge in [0.25, 0.3) is 5.91 Å². The first-order chi connectivity index (χ1) is 14.5. The van der Waals surface area contributed by atoms with E-state index in [2.05, 4.69) is 15.6 Å². The van der Waals surface area contributed by atoms with Crippen molar-refractivity contribution >= 4 is 17.6 Å². The van der Waals surface area contributed by atoms with Gasteiger partial charge < -0.3 is 19.5 Å². The highest BCUT2D eigenvalue weighted by atomic mass is 16.5. The summed E-state index contributed by atoms with van der Waals surface area (Å²) in [5.74, 6) is 1.39. The smallest absolute Gasteiger partial charge is 0.257 e. The van der Waals surface area contributed by atoms with E-state index in [1.807, 2.05) is 44.2 Å². The van der Waals surface area contributed by atoms with Crippen molar-refractivity contribution in [3.8, 4) is 11.5 Å². The van der Waals surface area contributed by atoms with Crippen LogP contribution in [0.15, 0.2) is 41.4 Å². The molecule has 7 heteroatoms. The maximum absolute atomic E-state index is 12.8. The Labute approximate surface area is 177 Å². The second kappa shape index (κ2) is 10.1. The van der Waals surface area contributed by atoms with Crippen LogP contribution in [0.2, 0.25) is 0 Å². The minimum atomic E-state index is -0.230. The summed E-state index contributed by atoms with van der Waals surface area (Å²) in [6.07, 6.45) is 2.07. The van der Waals surface area contributed by atoms with E-state index < -0.39 is 0 Å². The van der Waals surface area contributed by atoms with Gasteiger partial charge in [-0.25, -0.2) is 4.99 Å². The van der Waals surface area contributed by atoms with Gasteiger partial charge in [-0.15, -0.1) is 0 Å². The van der Waals surface area contributed by atoms with E-state index in [1.165, 1.54) is 0 Å².